The molecule has 1 unspecified atom stereocenters. The fraction of sp³-hybridized carbons (Fsp3) is 0.536. The SMILES string of the molecule is C/C(=C\O)C(=O)[C@@H](CC(C)C)NC(=O)CNC(=O)C(CC(C)C)NC(=O)[C@H](CCc1ccccc1)NC=O. The molecular weight excluding hydrogens is 488 g/mol. The van der Waals surface area contributed by atoms with Gasteiger partial charge < -0.3 is 26.4 Å². The summed E-state index contributed by atoms with van der Waals surface area (Å²) in [6, 6.07) is 6.94. The van der Waals surface area contributed by atoms with Gasteiger partial charge in [0.2, 0.25) is 24.1 Å². The Morgan fingerprint density at radius 2 is 1.47 bits per heavy atom. The topological polar surface area (TPSA) is 154 Å². The standard InChI is InChI=1S/C28H42N4O6/c1-18(2)13-23(26(36)20(5)16-33)31-25(35)15-29-27(37)24(14-19(3)4)32-28(38)22(30-17-34)12-11-21-9-7-6-8-10-21/h6-10,16-19,22-24,33H,11-15H2,1-5H3,(H,29,37)(H,30,34)(H,31,35)(H,32,38)/b20-16+/t22-,23+,24?/m0/s1. The molecule has 10 nitrogen and oxygen atoms in total. The van der Waals surface area contributed by atoms with Gasteiger partial charge in [0, 0.05) is 5.57 Å². The molecule has 0 saturated heterocycles. The number of hydrogen-bond acceptors (Lipinski definition) is 6. The zero-order chi connectivity index (χ0) is 28.7. The van der Waals surface area contributed by atoms with Gasteiger partial charge in [-0.2, -0.15) is 0 Å². The average Bonchev–Trinajstić information content (AvgIpc) is 2.87. The van der Waals surface area contributed by atoms with Crippen LogP contribution in [0.3, 0.4) is 0 Å². The maximum atomic E-state index is 12.9. The van der Waals surface area contributed by atoms with Gasteiger partial charge in [0.05, 0.1) is 18.8 Å². The molecule has 0 aliphatic carbocycles. The molecule has 0 aromatic heterocycles. The van der Waals surface area contributed by atoms with E-state index in [-0.39, 0.29) is 17.4 Å². The van der Waals surface area contributed by atoms with Gasteiger partial charge in [0.15, 0.2) is 5.78 Å². The monoisotopic (exact) mass is 530 g/mol. The predicted octanol–water partition coefficient (Wildman–Crippen LogP) is 1.94. The van der Waals surface area contributed by atoms with Gasteiger partial charge in [-0.1, -0.05) is 58.0 Å². The highest BCUT2D eigenvalue weighted by atomic mass is 16.2. The first kappa shape index (κ1) is 32.3. The lowest BCUT2D eigenvalue weighted by Gasteiger charge is -2.24. The second-order valence-electron chi connectivity index (χ2n) is 10.2. The number of aliphatic hydroxyl groups is 1. The highest BCUT2D eigenvalue weighted by Crippen LogP contribution is 2.11. The average molecular weight is 531 g/mol. The normalized spacial score (nSPS) is 13.8. The van der Waals surface area contributed by atoms with E-state index in [2.05, 4.69) is 21.3 Å². The van der Waals surface area contributed by atoms with Crippen molar-refractivity contribution in [3.8, 4) is 0 Å². The molecule has 0 radical (unpaired) electrons. The van der Waals surface area contributed by atoms with E-state index in [4.69, 9.17) is 5.11 Å². The molecule has 0 bridgehead atoms. The number of Topliss-reactive ketones (excluding diaryl/α,β-unsaturated/α-hetero) is 1. The number of benzene rings is 1. The number of hydrogen-bond donors (Lipinski definition) is 5. The van der Waals surface area contributed by atoms with Crippen LogP contribution in [0.15, 0.2) is 42.2 Å². The summed E-state index contributed by atoms with van der Waals surface area (Å²) in [7, 11) is 0. The molecule has 3 atom stereocenters. The van der Waals surface area contributed by atoms with Crippen LogP contribution in [-0.2, 0) is 30.4 Å². The number of amides is 4. The van der Waals surface area contributed by atoms with Crippen LogP contribution in [-0.4, -0.2) is 59.7 Å². The summed E-state index contributed by atoms with van der Waals surface area (Å²) < 4.78 is 0. The van der Waals surface area contributed by atoms with Crippen LogP contribution < -0.4 is 21.3 Å². The van der Waals surface area contributed by atoms with Gasteiger partial charge in [0.25, 0.3) is 0 Å². The number of nitrogens with one attached hydrogen (secondary N) is 4. The first-order valence-corrected chi connectivity index (χ1v) is 12.9. The van der Waals surface area contributed by atoms with E-state index in [1.807, 2.05) is 58.0 Å². The number of rotatable bonds is 17. The van der Waals surface area contributed by atoms with Gasteiger partial charge >= 0.3 is 0 Å². The number of carbonyl (C=O) groups excluding carboxylic acids is 5. The summed E-state index contributed by atoms with van der Waals surface area (Å²) in [4.78, 5) is 62.0. The van der Waals surface area contributed by atoms with Crippen molar-refractivity contribution in [2.45, 2.75) is 78.4 Å². The minimum atomic E-state index is -0.921. The third-order valence-corrected chi connectivity index (χ3v) is 5.85. The van der Waals surface area contributed by atoms with Crippen molar-refractivity contribution in [1.82, 2.24) is 21.3 Å². The van der Waals surface area contributed by atoms with E-state index in [1.54, 1.807) is 0 Å². The van der Waals surface area contributed by atoms with Crippen molar-refractivity contribution in [2.24, 2.45) is 11.8 Å². The Morgan fingerprint density at radius 1 is 0.868 bits per heavy atom. The zero-order valence-corrected chi connectivity index (χ0v) is 23.0. The van der Waals surface area contributed by atoms with Crippen molar-refractivity contribution in [1.29, 1.82) is 0 Å². The molecule has 0 aliphatic rings. The summed E-state index contributed by atoms with van der Waals surface area (Å²) in [5.41, 5.74) is 1.13. The van der Waals surface area contributed by atoms with Crippen molar-refractivity contribution in [3.63, 3.8) is 0 Å². The molecule has 4 amide bonds. The lowest BCUT2D eigenvalue weighted by atomic mass is 9.97. The molecule has 10 heteroatoms. The van der Waals surface area contributed by atoms with Crippen LogP contribution in [0.25, 0.3) is 0 Å². The number of ketones is 1. The van der Waals surface area contributed by atoms with Gasteiger partial charge in [-0.3, -0.25) is 24.0 Å². The molecule has 0 saturated carbocycles. The lowest BCUT2D eigenvalue weighted by Crippen LogP contribution is -2.54. The van der Waals surface area contributed by atoms with Crippen LogP contribution in [0.2, 0.25) is 0 Å². The molecule has 5 N–H and O–H groups in total. The second kappa shape index (κ2) is 16.9. The molecule has 1 aromatic carbocycles. The number of carbonyl (C=O) groups is 5. The summed E-state index contributed by atoms with van der Waals surface area (Å²) >= 11 is 0. The largest absolute Gasteiger partial charge is 0.515 e. The summed E-state index contributed by atoms with van der Waals surface area (Å²) in [6.45, 7) is 8.66. The Kier molecular flexibility index (Phi) is 14.4. The third kappa shape index (κ3) is 12.0. The molecule has 0 spiro atoms. The summed E-state index contributed by atoms with van der Waals surface area (Å²) in [5.74, 6) is -1.86. The Labute approximate surface area is 225 Å². The van der Waals surface area contributed by atoms with Gasteiger partial charge in [-0.05, 0) is 50.0 Å². The Morgan fingerprint density at radius 3 is 2.03 bits per heavy atom. The lowest BCUT2D eigenvalue weighted by molar-refractivity contribution is -0.132. The van der Waals surface area contributed by atoms with Gasteiger partial charge in [-0.25, -0.2) is 0 Å². The maximum absolute atomic E-state index is 12.9. The first-order chi connectivity index (χ1) is 18.0. The van der Waals surface area contributed by atoms with Crippen molar-refractivity contribution >= 4 is 29.9 Å². The van der Waals surface area contributed by atoms with Crippen LogP contribution in [0.4, 0.5) is 0 Å². The quantitative estimate of drug-likeness (QED) is 0.118. The van der Waals surface area contributed by atoms with E-state index < -0.39 is 48.2 Å². The van der Waals surface area contributed by atoms with Crippen LogP contribution in [0.1, 0.15) is 59.4 Å². The summed E-state index contributed by atoms with van der Waals surface area (Å²) in [6.07, 6.45) is 2.75. The van der Waals surface area contributed by atoms with Gasteiger partial charge in [0.1, 0.15) is 12.1 Å². The first-order valence-electron chi connectivity index (χ1n) is 12.9. The van der Waals surface area contributed by atoms with E-state index in [0.717, 1.165) is 5.56 Å². The number of aryl methyl sites for hydroxylation is 1. The van der Waals surface area contributed by atoms with E-state index in [1.165, 1.54) is 6.92 Å². The third-order valence-electron chi connectivity index (χ3n) is 5.85. The Hall–Kier alpha value is -3.69. The van der Waals surface area contributed by atoms with Crippen molar-refractivity contribution in [2.75, 3.05) is 6.54 Å². The second-order valence-corrected chi connectivity index (χ2v) is 10.2. The highest BCUT2D eigenvalue weighted by molar-refractivity contribution is 6.01. The van der Waals surface area contributed by atoms with Crippen LogP contribution in [0.5, 0.6) is 0 Å². The molecule has 0 aliphatic heterocycles. The molecule has 1 rings (SSSR count). The molecule has 0 fully saturated rings. The van der Waals surface area contributed by atoms with E-state index in [0.29, 0.717) is 38.4 Å². The van der Waals surface area contributed by atoms with E-state index in [9.17, 15) is 24.0 Å². The predicted molar refractivity (Wildman–Crippen MR) is 145 cm³/mol. The van der Waals surface area contributed by atoms with Crippen molar-refractivity contribution in [3.05, 3.63) is 47.7 Å². The zero-order valence-electron chi connectivity index (χ0n) is 23.0. The van der Waals surface area contributed by atoms with Crippen LogP contribution in [0, 0.1) is 11.8 Å². The fourth-order valence-corrected chi connectivity index (χ4v) is 3.88. The molecule has 0 heterocycles. The summed E-state index contributed by atoms with van der Waals surface area (Å²) in [5, 5.41) is 19.5. The Balaban J connectivity index is 2.81. The smallest absolute Gasteiger partial charge is 0.243 e. The van der Waals surface area contributed by atoms with Crippen molar-refractivity contribution < 1.29 is 29.1 Å². The molecule has 210 valence electrons. The highest BCUT2D eigenvalue weighted by Gasteiger charge is 2.27. The molecule has 38 heavy (non-hydrogen) atoms. The fourth-order valence-electron chi connectivity index (χ4n) is 3.88. The maximum Gasteiger partial charge on any atom is 0.243 e. The molecular formula is C28H42N4O6. The van der Waals surface area contributed by atoms with E-state index >= 15 is 0 Å². The number of aliphatic hydroxyl groups excluding tert-OH is 1. The minimum absolute atomic E-state index is 0.0583. The molecule has 1 aromatic rings. The minimum Gasteiger partial charge on any atom is -0.515 e. The van der Waals surface area contributed by atoms with Gasteiger partial charge in [-0.15, -0.1) is 0 Å². The Bertz CT molecular complexity index is 961. The van der Waals surface area contributed by atoms with Crippen LogP contribution >= 0.6 is 0 Å².